The van der Waals surface area contributed by atoms with Crippen LogP contribution in [-0.2, 0) is 12.8 Å². The molecular formula is C13H15FN2O. The highest BCUT2D eigenvalue weighted by Crippen LogP contribution is 2.12. The van der Waals surface area contributed by atoms with E-state index >= 15 is 0 Å². The molecule has 1 heterocycles. The number of halogens is 1. The molecule has 0 saturated heterocycles. The van der Waals surface area contributed by atoms with Crippen molar-refractivity contribution in [2.24, 2.45) is 5.73 Å². The van der Waals surface area contributed by atoms with Crippen molar-refractivity contribution in [2.75, 3.05) is 6.54 Å². The molecule has 1 aromatic heterocycles. The quantitative estimate of drug-likeness (QED) is 0.863. The molecule has 17 heavy (non-hydrogen) atoms. The van der Waals surface area contributed by atoms with E-state index in [2.05, 4.69) is 4.98 Å². The fourth-order valence-electron chi connectivity index (χ4n) is 1.64. The molecule has 0 atom stereocenters. The molecule has 0 radical (unpaired) electrons. The van der Waals surface area contributed by atoms with E-state index in [-0.39, 0.29) is 5.82 Å². The fraction of sp³-hybridized carbons (Fsp3) is 0.308. The highest BCUT2D eigenvalue weighted by molar-refractivity contribution is 5.19. The average Bonchev–Trinajstić information content (AvgIpc) is 2.74. The Kier molecular flexibility index (Phi) is 3.88. The molecule has 2 rings (SSSR count). The Morgan fingerprint density at radius 1 is 1.35 bits per heavy atom. The van der Waals surface area contributed by atoms with Crippen LogP contribution in [0.4, 0.5) is 4.39 Å². The van der Waals surface area contributed by atoms with Crippen LogP contribution in [0.15, 0.2) is 34.9 Å². The standard InChI is InChI=1S/C13H15FN2O/c14-11-4-1-3-10(7-11)8-13-16-9-12(17-13)5-2-6-15/h1,3-4,7,9H,2,5-6,8,15H2. The van der Waals surface area contributed by atoms with Gasteiger partial charge in [0.2, 0.25) is 0 Å². The third-order valence-corrected chi connectivity index (χ3v) is 2.47. The summed E-state index contributed by atoms with van der Waals surface area (Å²) in [5.41, 5.74) is 6.28. The smallest absolute Gasteiger partial charge is 0.198 e. The fourth-order valence-corrected chi connectivity index (χ4v) is 1.64. The lowest BCUT2D eigenvalue weighted by Crippen LogP contribution is -1.99. The van der Waals surface area contributed by atoms with Crippen molar-refractivity contribution < 1.29 is 8.81 Å². The Morgan fingerprint density at radius 2 is 2.24 bits per heavy atom. The molecule has 0 aliphatic carbocycles. The zero-order valence-electron chi connectivity index (χ0n) is 9.53. The van der Waals surface area contributed by atoms with Gasteiger partial charge in [-0.1, -0.05) is 12.1 Å². The largest absolute Gasteiger partial charge is 0.445 e. The summed E-state index contributed by atoms with van der Waals surface area (Å²) < 4.78 is 18.5. The van der Waals surface area contributed by atoms with Crippen LogP contribution in [0.1, 0.15) is 23.6 Å². The summed E-state index contributed by atoms with van der Waals surface area (Å²) in [5.74, 6) is 1.21. The maximum atomic E-state index is 13.0. The number of nitrogens with two attached hydrogens (primary N) is 1. The average molecular weight is 234 g/mol. The minimum Gasteiger partial charge on any atom is -0.445 e. The van der Waals surface area contributed by atoms with Gasteiger partial charge < -0.3 is 10.2 Å². The summed E-state index contributed by atoms with van der Waals surface area (Å²) in [6.07, 6.45) is 3.91. The number of benzene rings is 1. The number of nitrogens with zero attached hydrogens (tertiary/aromatic N) is 1. The summed E-state index contributed by atoms with van der Waals surface area (Å²) in [4.78, 5) is 4.16. The summed E-state index contributed by atoms with van der Waals surface area (Å²) in [6.45, 7) is 0.639. The van der Waals surface area contributed by atoms with Gasteiger partial charge in [-0.2, -0.15) is 0 Å². The molecule has 0 aliphatic rings. The Labute approximate surface area is 99.5 Å². The molecule has 2 aromatic rings. The molecule has 0 spiro atoms. The van der Waals surface area contributed by atoms with Crippen LogP contribution >= 0.6 is 0 Å². The summed E-state index contributed by atoms with van der Waals surface area (Å²) in [5, 5.41) is 0. The molecular weight excluding hydrogens is 219 g/mol. The van der Waals surface area contributed by atoms with Gasteiger partial charge in [-0.05, 0) is 30.7 Å². The van der Waals surface area contributed by atoms with Gasteiger partial charge in [0.1, 0.15) is 11.6 Å². The number of aromatic nitrogens is 1. The molecule has 0 aliphatic heterocycles. The van der Waals surface area contributed by atoms with Crippen LogP contribution in [0, 0.1) is 5.82 Å². The van der Waals surface area contributed by atoms with Gasteiger partial charge in [0.05, 0.1) is 6.20 Å². The van der Waals surface area contributed by atoms with Crippen molar-refractivity contribution in [1.29, 1.82) is 0 Å². The SMILES string of the molecule is NCCCc1cnc(Cc2cccc(F)c2)o1. The second-order valence-electron chi connectivity index (χ2n) is 3.92. The van der Waals surface area contributed by atoms with Crippen LogP contribution < -0.4 is 5.73 Å². The Bertz CT molecular complexity index is 482. The minimum atomic E-state index is -0.239. The van der Waals surface area contributed by atoms with Crippen molar-refractivity contribution in [3.63, 3.8) is 0 Å². The van der Waals surface area contributed by atoms with Gasteiger partial charge in [0, 0.05) is 12.8 Å². The molecule has 2 N–H and O–H groups in total. The van der Waals surface area contributed by atoms with E-state index in [0.717, 1.165) is 24.2 Å². The maximum absolute atomic E-state index is 13.0. The number of rotatable bonds is 5. The van der Waals surface area contributed by atoms with Crippen molar-refractivity contribution in [3.8, 4) is 0 Å². The van der Waals surface area contributed by atoms with Crippen molar-refractivity contribution in [2.45, 2.75) is 19.3 Å². The van der Waals surface area contributed by atoms with Gasteiger partial charge in [-0.3, -0.25) is 0 Å². The number of hydrogen-bond acceptors (Lipinski definition) is 3. The molecule has 0 amide bonds. The molecule has 0 bridgehead atoms. The van der Waals surface area contributed by atoms with E-state index < -0.39 is 0 Å². The molecule has 1 aromatic carbocycles. The Balaban J connectivity index is 2.01. The van der Waals surface area contributed by atoms with Gasteiger partial charge in [-0.15, -0.1) is 0 Å². The Hall–Kier alpha value is -1.68. The van der Waals surface area contributed by atoms with Crippen LogP contribution in [0.3, 0.4) is 0 Å². The lowest BCUT2D eigenvalue weighted by atomic mass is 10.1. The third-order valence-electron chi connectivity index (χ3n) is 2.47. The number of hydrogen-bond donors (Lipinski definition) is 1. The third kappa shape index (κ3) is 3.39. The summed E-state index contributed by atoms with van der Waals surface area (Å²) in [7, 11) is 0. The second kappa shape index (κ2) is 5.59. The molecule has 0 fully saturated rings. The first kappa shape index (κ1) is 11.8. The molecule has 0 unspecified atom stereocenters. The first-order valence-electron chi connectivity index (χ1n) is 5.66. The van der Waals surface area contributed by atoms with E-state index in [4.69, 9.17) is 10.2 Å². The van der Waals surface area contributed by atoms with Crippen LogP contribution in [0.5, 0.6) is 0 Å². The topological polar surface area (TPSA) is 52.0 Å². The van der Waals surface area contributed by atoms with Gasteiger partial charge in [0.15, 0.2) is 5.89 Å². The van der Waals surface area contributed by atoms with Crippen LogP contribution in [0.2, 0.25) is 0 Å². The lowest BCUT2D eigenvalue weighted by Gasteiger charge is -1.97. The highest BCUT2D eigenvalue weighted by atomic mass is 19.1. The van der Waals surface area contributed by atoms with E-state index in [1.165, 1.54) is 12.1 Å². The first-order chi connectivity index (χ1) is 8.28. The van der Waals surface area contributed by atoms with Gasteiger partial charge in [-0.25, -0.2) is 9.37 Å². The monoisotopic (exact) mass is 234 g/mol. The first-order valence-corrected chi connectivity index (χ1v) is 5.66. The van der Waals surface area contributed by atoms with E-state index in [1.807, 2.05) is 6.07 Å². The van der Waals surface area contributed by atoms with E-state index in [9.17, 15) is 4.39 Å². The highest BCUT2D eigenvalue weighted by Gasteiger charge is 2.05. The zero-order chi connectivity index (χ0) is 12.1. The number of aryl methyl sites for hydroxylation is 1. The van der Waals surface area contributed by atoms with Crippen molar-refractivity contribution >= 4 is 0 Å². The Morgan fingerprint density at radius 3 is 3.00 bits per heavy atom. The summed E-state index contributed by atoms with van der Waals surface area (Å²) in [6, 6.07) is 6.45. The zero-order valence-corrected chi connectivity index (χ0v) is 9.53. The van der Waals surface area contributed by atoms with Gasteiger partial charge >= 0.3 is 0 Å². The molecule has 3 nitrogen and oxygen atoms in total. The van der Waals surface area contributed by atoms with Gasteiger partial charge in [0.25, 0.3) is 0 Å². The van der Waals surface area contributed by atoms with E-state index in [1.54, 1.807) is 12.3 Å². The predicted octanol–water partition coefficient (Wildman–Crippen LogP) is 2.30. The predicted molar refractivity (Wildman–Crippen MR) is 63.1 cm³/mol. The molecule has 4 heteroatoms. The van der Waals surface area contributed by atoms with Crippen molar-refractivity contribution in [1.82, 2.24) is 4.98 Å². The summed E-state index contributed by atoms with van der Waals surface area (Å²) >= 11 is 0. The maximum Gasteiger partial charge on any atom is 0.198 e. The number of oxazole rings is 1. The molecule has 90 valence electrons. The minimum absolute atomic E-state index is 0.239. The second-order valence-corrected chi connectivity index (χ2v) is 3.92. The van der Waals surface area contributed by atoms with Crippen LogP contribution in [-0.4, -0.2) is 11.5 Å². The van der Waals surface area contributed by atoms with Crippen molar-refractivity contribution in [3.05, 3.63) is 53.5 Å². The molecule has 0 saturated carbocycles. The lowest BCUT2D eigenvalue weighted by molar-refractivity contribution is 0.459. The van der Waals surface area contributed by atoms with Crippen LogP contribution in [0.25, 0.3) is 0 Å². The van der Waals surface area contributed by atoms with E-state index in [0.29, 0.717) is 18.9 Å². The normalized spacial score (nSPS) is 10.7.